The first-order chi connectivity index (χ1) is 13.8. The number of pyridine rings is 1. The predicted octanol–water partition coefficient (Wildman–Crippen LogP) is 4.65. The Morgan fingerprint density at radius 3 is 2.62 bits per heavy atom. The van der Waals surface area contributed by atoms with Crippen LogP contribution in [0, 0.1) is 18.7 Å². The number of benzene rings is 1. The Balaban J connectivity index is 1.46. The van der Waals surface area contributed by atoms with Gasteiger partial charge in [0, 0.05) is 50.2 Å². The average Bonchev–Trinajstić information content (AvgIpc) is 2.70. The van der Waals surface area contributed by atoms with Crippen LogP contribution in [0.2, 0.25) is 5.02 Å². The van der Waals surface area contributed by atoms with Gasteiger partial charge in [0.05, 0.1) is 5.02 Å². The standard InChI is InChI=1S/C22H28ClFN4O/c1-14-12-25-21(11-20(14)28(2)3)26-13-15-4-7-17(8-5-15)27-22(29)16-6-9-19(24)18(23)10-16/h6,9-12,15,17H,4-5,7-8,13H2,1-3H3,(H,25,26)(H,27,29). The molecule has 1 heterocycles. The van der Waals surface area contributed by atoms with E-state index in [-0.39, 0.29) is 17.0 Å². The molecule has 0 saturated heterocycles. The molecule has 156 valence electrons. The number of carbonyl (C=O) groups excluding carboxylic acids is 1. The molecular formula is C22H28ClFN4O. The van der Waals surface area contributed by atoms with Gasteiger partial charge in [0.1, 0.15) is 11.6 Å². The highest BCUT2D eigenvalue weighted by Crippen LogP contribution is 2.26. The predicted molar refractivity (Wildman–Crippen MR) is 116 cm³/mol. The summed E-state index contributed by atoms with van der Waals surface area (Å²) in [6.45, 7) is 2.93. The lowest BCUT2D eigenvalue weighted by molar-refractivity contribution is 0.0922. The summed E-state index contributed by atoms with van der Waals surface area (Å²) in [5.41, 5.74) is 2.70. The van der Waals surface area contributed by atoms with Crippen LogP contribution in [0.1, 0.15) is 41.6 Å². The number of carbonyl (C=O) groups is 1. The van der Waals surface area contributed by atoms with Crippen LogP contribution in [0.5, 0.6) is 0 Å². The van der Waals surface area contributed by atoms with Crippen LogP contribution in [-0.4, -0.2) is 37.6 Å². The van der Waals surface area contributed by atoms with Gasteiger partial charge >= 0.3 is 0 Å². The number of hydrogen-bond acceptors (Lipinski definition) is 4. The molecule has 1 fully saturated rings. The molecule has 1 aromatic carbocycles. The SMILES string of the molecule is Cc1cnc(NCC2CCC(NC(=O)c3ccc(F)c(Cl)c3)CC2)cc1N(C)C. The van der Waals surface area contributed by atoms with E-state index in [4.69, 9.17) is 11.6 Å². The van der Waals surface area contributed by atoms with E-state index in [1.54, 1.807) is 0 Å². The van der Waals surface area contributed by atoms with Crippen LogP contribution < -0.4 is 15.5 Å². The Morgan fingerprint density at radius 1 is 1.24 bits per heavy atom. The van der Waals surface area contributed by atoms with Crippen molar-refractivity contribution >= 4 is 29.0 Å². The number of aromatic nitrogens is 1. The average molecular weight is 419 g/mol. The minimum atomic E-state index is -0.517. The first-order valence-electron chi connectivity index (χ1n) is 9.97. The minimum Gasteiger partial charge on any atom is -0.377 e. The highest BCUT2D eigenvalue weighted by molar-refractivity contribution is 6.31. The lowest BCUT2D eigenvalue weighted by Gasteiger charge is -2.29. The first-order valence-corrected chi connectivity index (χ1v) is 10.3. The van der Waals surface area contributed by atoms with E-state index in [0.29, 0.717) is 11.5 Å². The fourth-order valence-electron chi connectivity index (χ4n) is 3.76. The number of aryl methyl sites for hydroxylation is 1. The molecule has 0 radical (unpaired) electrons. The lowest BCUT2D eigenvalue weighted by atomic mass is 9.86. The molecule has 1 amide bonds. The quantitative estimate of drug-likeness (QED) is 0.717. The number of nitrogens with zero attached hydrogens (tertiary/aromatic N) is 2. The van der Waals surface area contributed by atoms with E-state index in [0.717, 1.165) is 49.3 Å². The fourth-order valence-corrected chi connectivity index (χ4v) is 3.94. The minimum absolute atomic E-state index is 0.0328. The zero-order valence-electron chi connectivity index (χ0n) is 17.1. The molecule has 7 heteroatoms. The van der Waals surface area contributed by atoms with Crippen molar-refractivity contribution < 1.29 is 9.18 Å². The molecule has 29 heavy (non-hydrogen) atoms. The number of rotatable bonds is 6. The van der Waals surface area contributed by atoms with Crippen molar-refractivity contribution in [2.24, 2.45) is 5.92 Å². The van der Waals surface area contributed by atoms with Crippen LogP contribution in [0.4, 0.5) is 15.9 Å². The molecule has 0 spiro atoms. The van der Waals surface area contributed by atoms with Gasteiger partial charge in [-0.1, -0.05) is 11.6 Å². The normalized spacial score (nSPS) is 18.9. The molecule has 0 unspecified atom stereocenters. The number of nitrogens with one attached hydrogen (secondary N) is 2. The second-order valence-electron chi connectivity index (χ2n) is 7.95. The summed E-state index contributed by atoms with van der Waals surface area (Å²) in [6, 6.07) is 6.27. The van der Waals surface area contributed by atoms with E-state index in [2.05, 4.69) is 33.5 Å². The fraction of sp³-hybridized carbons (Fsp3) is 0.455. The van der Waals surface area contributed by atoms with Gasteiger partial charge in [-0.2, -0.15) is 0 Å². The Kier molecular flexibility index (Phi) is 6.96. The van der Waals surface area contributed by atoms with E-state index >= 15 is 0 Å². The smallest absolute Gasteiger partial charge is 0.251 e. The number of halogens is 2. The van der Waals surface area contributed by atoms with Crippen LogP contribution in [0.15, 0.2) is 30.5 Å². The van der Waals surface area contributed by atoms with Crippen LogP contribution >= 0.6 is 11.6 Å². The van der Waals surface area contributed by atoms with Gasteiger partial charge in [-0.25, -0.2) is 9.37 Å². The number of amides is 1. The van der Waals surface area contributed by atoms with Gasteiger partial charge in [0.15, 0.2) is 0 Å². The Labute approximate surface area is 176 Å². The maximum Gasteiger partial charge on any atom is 0.251 e. The highest BCUT2D eigenvalue weighted by Gasteiger charge is 2.23. The van der Waals surface area contributed by atoms with Gasteiger partial charge < -0.3 is 15.5 Å². The van der Waals surface area contributed by atoms with Crippen molar-refractivity contribution in [3.63, 3.8) is 0 Å². The van der Waals surface area contributed by atoms with Crippen LogP contribution in [-0.2, 0) is 0 Å². The van der Waals surface area contributed by atoms with E-state index < -0.39 is 5.82 Å². The van der Waals surface area contributed by atoms with Gasteiger partial charge in [-0.05, 0) is 62.3 Å². The molecule has 5 nitrogen and oxygen atoms in total. The molecule has 1 aromatic heterocycles. The molecule has 1 saturated carbocycles. The van der Waals surface area contributed by atoms with Crippen molar-refractivity contribution in [1.82, 2.24) is 10.3 Å². The molecule has 1 aliphatic rings. The summed E-state index contributed by atoms with van der Waals surface area (Å²) in [5.74, 6) is 0.725. The van der Waals surface area contributed by atoms with Crippen molar-refractivity contribution in [2.75, 3.05) is 30.9 Å². The van der Waals surface area contributed by atoms with Crippen LogP contribution in [0.25, 0.3) is 0 Å². The zero-order chi connectivity index (χ0) is 21.0. The van der Waals surface area contributed by atoms with E-state index in [9.17, 15) is 9.18 Å². The molecule has 0 atom stereocenters. The van der Waals surface area contributed by atoms with Gasteiger partial charge in [0.25, 0.3) is 5.91 Å². The summed E-state index contributed by atoms with van der Waals surface area (Å²) in [5, 5.41) is 6.47. The molecule has 0 bridgehead atoms. The molecule has 1 aliphatic carbocycles. The van der Waals surface area contributed by atoms with Gasteiger partial charge in [0.2, 0.25) is 0 Å². The Morgan fingerprint density at radius 2 is 1.97 bits per heavy atom. The third-order valence-electron chi connectivity index (χ3n) is 5.49. The Bertz CT molecular complexity index is 866. The summed E-state index contributed by atoms with van der Waals surface area (Å²) >= 11 is 5.77. The summed E-state index contributed by atoms with van der Waals surface area (Å²) in [4.78, 5) is 18.9. The van der Waals surface area contributed by atoms with Gasteiger partial charge in [-0.3, -0.25) is 4.79 Å². The zero-order valence-corrected chi connectivity index (χ0v) is 17.9. The maximum absolute atomic E-state index is 13.3. The molecule has 3 rings (SSSR count). The number of hydrogen-bond donors (Lipinski definition) is 2. The molecule has 2 aromatic rings. The van der Waals surface area contributed by atoms with Gasteiger partial charge in [-0.15, -0.1) is 0 Å². The summed E-state index contributed by atoms with van der Waals surface area (Å²) in [6.07, 6.45) is 5.82. The maximum atomic E-state index is 13.3. The van der Waals surface area contributed by atoms with Crippen molar-refractivity contribution in [3.8, 4) is 0 Å². The summed E-state index contributed by atoms with van der Waals surface area (Å²) < 4.78 is 13.3. The van der Waals surface area contributed by atoms with E-state index in [1.807, 2.05) is 20.3 Å². The lowest BCUT2D eigenvalue weighted by Crippen LogP contribution is -2.38. The second-order valence-corrected chi connectivity index (χ2v) is 8.36. The summed E-state index contributed by atoms with van der Waals surface area (Å²) in [7, 11) is 4.06. The molecule has 0 aliphatic heterocycles. The topological polar surface area (TPSA) is 57.3 Å². The van der Waals surface area contributed by atoms with E-state index in [1.165, 1.54) is 18.2 Å². The third-order valence-corrected chi connectivity index (χ3v) is 5.78. The Hall–Kier alpha value is -2.34. The van der Waals surface area contributed by atoms with Crippen molar-refractivity contribution in [2.45, 2.75) is 38.6 Å². The second kappa shape index (κ2) is 9.44. The monoisotopic (exact) mass is 418 g/mol. The number of anilines is 2. The molecular weight excluding hydrogens is 391 g/mol. The third kappa shape index (κ3) is 5.60. The van der Waals surface area contributed by atoms with Crippen molar-refractivity contribution in [1.29, 1.82) is 0 Å². The molecule has 2 N–H and O–H groups in total. The van der Waals surface area contributed by atoms with Crippen LogP contribution in [0.3, 0.4) is 0 Å². The first kappa shape index (κ1) is 21.4. The highest BCUT2D eigenvalue weighted by atomic mass is 35.5. The van der Waals surface area contributed by atoms with Crippen molar-refractivity contribution in [3.05, 3.63) is 52.4 Å². The largest absolute Gasteiger partial charge is 0.377 e.